The van der Waals surface area contributed by atoms with Gasteiger partial charge in [0, 0.05) is 5.56 Å². The van der Waals surface area contributed by atoms with Crippen LogP contribution in [0.1, 0.15) is 30.0 Å². The Morgan fingerprint density at radius 3 is 2.60 bits per heavy atom. The van der Waals surface area contributed by atoms with E-state index in [0.717, 1.165) is 29.0 Å². The molecule has 2 nitrogen and oxygen atoms in total. The number of allylic oxidation sites excluding steroid dienone is 1. The van der Waals surface area contributed by atoms with E-state index >= 15 is 0 Å². The van der Waals surface area contributed by atoms with Crippen molar-refractivity contribution in [1.29, 1.82) is 5.26 Å². The van der Waals surface area contributed by atoms with Crippen LogP contribution in [-0.4, -0.2) is 0 Å². The average molecular weight is 263 g/mol. The molecule has 0 saturated heterocycles. The molecule has 100 valence electrons. The summed E-state index contributed by atoms with van der Waals surface area (Å²) in [5.41, 5.74) is 2.53. The van der Waals surface area contributed by atoms with Gasteiger partial charge in [0.05, 0.1) is 11.6 Å². The van der Waals surface area contributed by atoms with Gasteiger partial charge in [-0.05, 0) is 43.2 Å². The molecule has 0 unspecified atom stereocenters. The van der Waals surface area contributed by atoms with E-state index in [1.54, 1.807) is 0 Å². The molecule has 0 saturated carbocycles. The van der Waals surface area contributed by atoms with E-state index in [4.69, 9.17) is 10.00 Å². The lowest BCUT2D eigenvalue weighted by atomic mass is 10.0. The quantitative estimate of drug-likeness (QED) is 0.770. The molecule has 20 heavy (non-hydrogen) atoms. The van der Waals surface area contributed by atoms with Crippen molar-refractivity contribution < 1.29 is 4.74 Å². The summed E-state index contributed by atoms with van der Waals surface area (Å²) in [7, 11) is 0. The van der Waals surface area contributed by atoms with E-state index in [-0.39, 0.29) is 0 Å². The molecule has 0 N–H and O–H groups in total. The standard InChI is InChI=1S/C18H17NO/c1-3-4-8-15-12-16(13-19)14(2)11-18(15)20-17-9-6-5-7-10-17/h4-12H,3H2,1-2H3/b8-4-. The summed E-state index contributed by atoms with van der Waals surface area (Å²) in [6, 6.07) is 15.7. The van der Waals surface area contributed by atoms with Crippen LogP contribution in [0.2, 0.25) is 0 Å². The van der Waals surface area contributed by atoms with Gasteiger partial charge in [0.25, 0.3) is 0 Å². The topological polar surface area (TPSA) is 33.0 Å². The summed E-state index contributed by atoms with van der Waals surface area (Å²) < 4.78 is 5.93. The fourth-order valence-electron chi connectivity index (χ4n) is 1.90. The number of ether oxygens (including phenoxy) is 1. The van der Waals surface area contributed by atoms with E-state index < -0.39 is 0 Å². The zero-order valence-corrected chi connectivity index (χ0v) is 11.8. The molecular weight excluding hydrogens is 246 g/mol. The van der Waals surface area contributed by atoms with Gasteiger partial charge in [-0.3, -0.25) is 0 Å². The summed E-state index contributed by atoms with van der Waals surface area (Å²) in [5, 5.41) is 9.13. The number of nitriles is 1. The highest BCUT2D eigenvalue weighted by molar-refractivity contribution is 5.62. The van der Waals surface area contributed by atoms with Gasteiger partial charge >= 0.3 is 0 Å². The first-order valence-electron chi connectivity index (χ1n) is 6.68. The van der Waals surface area contributed by atoms with Crippen LogP contribution < -0.4 is 4.74 Å². The number of rotatable bonds is 4. The van der Waals surface area contributed by atoms with E-state index in [1.807, 2.05) is 55.5 Å². The van der Waals surface area contributed by atoms with Crippen LogP contribution in [0.5, 0.6) is 11.5 Å². The van der Waals surface area contributed by atoms with Gasteiger partial charge in [-0.2, -0.15) is 5.26 Å². The molecule has 0 aliphatic rings. The van der Waals surface area contributed by atoms with Crippen LogP contribution in [0.25, 0.3) is 6.08 Å². The third-order valence-corrected chi connectivity index (χ3v) is 2.98. The number of benzene rings is 2. The van der Waals surface area contributed by atoms with Crippen LogP contribution in [-0.2, 0) is 0 Å². The van der Waals surface area contributed by atoms with Crippen LogP contribution in [0.15, 0.2) is 48.5 Å². The minimum absolute atomic E-state index is 0.682. The molecule has 0 heterocycles. The summed E-state index contributed by atoms with van der Waals surface area (Å²) >= 11 is 0. The van der Waals surface area contributed by atoms with Gasteiger partial charge < -0.3 is 4.74 Å². The molecule has 0 radical (unpaired) electrons. The van der Waals surface area contributed by atoms with Crippen molar-refractivity contribution in [2.75, 3.05) is 0 Å². The summed E-state index contributed by atoms with van der Waals surface area (Å²) in [6.07, 6.45) is 5.00. The first kappa shape index (κ1) is 13.9. The average Bonchev–Trinajstić information content (AvgIpc) is 2.47. The van der Waals surface area contributed by atoms with Crippen molar-refractivity contribution in [1.82, 2.24) is 0 Å². The lowest BCUT2D eigenvalue weighted by molar-refractivity contribution is 0.481. The molecule has 2 heteroatoms. The molecule has 0 amide bonds. The van der Waals surface area contributed by atoms with Crippen molar-refractivity contribution in [2.45, 2.75) is 20.3 Å². The third-order valence-electron chi connectivity index (χ3n) is 2.98. The maximum absolute atomic E-state index is 9.13. The second-order valence-corrected chi connectivity index (χ2v) is 4.54. The number of para-hydroxylation sites is 1. The minimum Gasteiger partial charge on any atom is -0.457 e. The molecule has 0 aromatic heterocycles. The molecule has 0 bridgehead atoms. The predicted molar refractivity (Wildman–Crippen MR) is 81.7 cm³/mol. The van der Waals surface area contributed by atoms with Gasteiger partial charge in [0.2, 0.25) is 0 Å². The molecule has 0 atom stereocenters. The Hall–Kier alpha value is -2.53. The number of hydrogen-bond acceptors (Lipinski definition) is 2. The van der Waals surface area contributed by atoms with E-state index in [2.05, 4.69) is 19.1 Å². The summed E-state index contributed by atoms with van der Waals surface area (Å²) in [6.45, 7) is 4.00. The fraction of sp³-hybridized carbons (Fsp3) is 0.167. The van der Waals surface area contributed by atoms with Crippen molar-refractivity contribution in [3.05, 3.63) is 65.2 Å². The molecule has 2 rings (SSSR count). The number of hydrogen-bond donors (Lipinski definition) is 0. The SMILES string of the molecule is CC/C=C\c1cc(C#N)c(C)cc1Oc1ccccc1. The van der Waals surface area contributed by atoms with Gasteiger partial charge in [-0.25, -0.2) is 0 Å². The fourth-order valence-corrected chi connectivity index (χ4v) is 1.90. The largest absolute Gasteiger partial charge is 0.457 e. The van der Waals surface area contributed by atoms with Crippen LogP contribution >= 0.6 is 0 Å². The van der Waals surface area contributed by atoms with Crippen LogP contribution in [0.4, 0.5) is 0 Å². The highest BCUT2D eigenvalue weighted by atomic mass is 16.5. The normalized spacial score (nSPS) is 10.4. The van der Waals surface area contributed by atoms with Crippen LogP contribution in [0, 0.1) is 18.3 Å². The highest BCUT2D eigenvalue weighted by Crippen LogP contribution is 2.29. The van der Waals surface area contributed by atoms with Crippen LogP contribution in [0.3, 0.4) is 0 Å². The smallest absolute Gasteiger partial charge is 0.134 e. The molecule has 2 aromatic carbocycles. The summed E-state index contributed by atoms with van der Waals surface area (Å²) in [5.74, 6) is 1.57. The Morgan fingerprint density at radius 2 is 1.95 bits per heavy atom. The van der Waals surface area contributed by atoms with Crippen molar-refractivity contribution in [2.24, 2.45) is 0 Å². The second-order valence-electron chi connectivity index (χ2n) is 4.54. The molecule has 0 aliphatic carbocycles. The Bertz CT molecular complexity index is 651. The first-order valence-corrected chi connectivity index (χ1v) is 6.68. The van der Waals surface area contributed by atoms with E-state index in [9.17, 15) is 0 Å². The third kappa shape index (κ3) is 3.27. The Labute approximate surface area is 119 Å². The number of aryl methyl sites for hydroxylation is 1. The van der Waals surface area contributed by atoms with E-state index in [1.165, 1.54) is 0 Å². The van der Waals surface area contributed by atoms with E-state index in [0.29, 0.717) is 5.56 Å². The first-order chi connectivity index (χ1) is 9.74. The molecule has 0 aliphatic heterocycles. The maximum Gasteiger partial charge on any atom is 0.134 e. The van der Waals surface area contributed by atoms with Crippen molar-refractivity contribution in [3.8, 4) is 17.6 Å². The molecular formula is C18H17NO. The Morgan fingerprint density at radius 1 is 1.20 bits per heavy atom. The Kier molecular flexibility index (Phi) is 4.57. The predicted octanol–water partition coefficient (Wildman–Crippen LogP) is 5.08. The summed E-state index contributed by atoms with van der Waals surface area (Å²) in [4.78, 5) is 0. The zero-order valence-electron chi connectivity index (χ0n) is 11.8. The zero-order chi connectivity index (χ0) is 14.4. The van der Waals surface area contributed by atoms with Gasteiger partial charge in [-0.15, -0.1) is 0 Å². The highest BCUT2D eigenvalue weighted by Gasteiger charge is 2.07. The monoisotopic (exact) mass is 263 g/mol. The molecule has 0 spiro atoms. The van der Waals surface area contributed by atoms with Crippen molar-refractivity contribution in [3.63, 3.8) is 0 Å². The van der Waals surface area contributed by atoms with Gasteiger partial charge in [0.1, 0.15) is 11.5 Å². The Balaban J connectivity index is 2.42. The molecule has 2 aromatic rings. The number of nitrogens with zero attached hydrogens (tertiary/aromatic N) is 1. The second kappa shape index (κ2) is 6.58. The van der Waals surface area contributed by atoms with Gasteiger partial charge in [-0.1, -0.05) is 37.3 Å². The minimum atomic E-state index is 0.682. The lowest BCUT2D eigenvalue weighted by Crippen LogP contribution is -1.91. The van der Waals surface area contributed by atoms with Gasteiger partial charge in [0.15, 0.2) is 0 Å². The maximum atomic E-state index is 9.13. The van der Waals surface area contributed by atoms with Crippen molar-refractivity contribution >= 4 is 6.08 Å². The lowest BCUT2D eigenvalue weighted by Gasteiger charge is -2.11. The molecule has 0 fully saturated rings.